The molecule has 1 rings (SSSR count). The van der Waals surface area contributed by atoms with Crippen molar-refractivity contribution in [2.45, 2.75) is 6.10 Å². The summed E-state index contributed by atoms with van der Waals surface area (Å²) >= 11 is 0. The highest BCUT2D eigenvalue weighted by atomic mass is 35.5. The highest BCUT2D eigenvalue weighted by molar-refractivity contribution is 5.85. The van der Waals surface area contributed by atoms with Gasteiger partial charge in [0.05, 0.1) is 0 Å². The van der Waals surface area contributed by atoms with Gasteiger partial charge in [0.1, 0.15) is 0 Å². The smallest absolute Gasteiger partial charge is 0.253 e. The first-order chi connectivity index (χ1) is 7.29. The molecule has 0 radical (unpaired) electrons. The van der Waals surface area contributed by atoms with Crippen molar-refractivity contribution in [2.75, 3.05) is 20.2 Å². The van der Waals surface area contributed by atoms with Gasteiger partial charge in [-0.25, -0.2) is 0 Å². The fraction of sp³-hybridized carbons (Fsp3) is 0.364. The van der Waals surface area contributed by atoms with Gasteiger partial charge in [0.15, 0.2) is 6.10 Å². The predicted molar refractivity (Wildman–Crippen MR) is 65.5 cm³/mol. The lowest BCUT2D eigenvalue weighted by Gasteiger charge is -2.15. The average molecular weight is 245 g/mol. The molecule has 16 heavy (non-hydrogen) atoms. The molecule has 0 saturated carbocycles. The fourth-order valence-electron chi connectivity index (χ4n) is 1.31. The van der Waals surface area contributed by atoms with Crippen LogP contribution in [0, 0.1) is 0 Å². The van der Waals surface area contributed by atoms with E-state index < -0.39 is 6.10 Å². The van der Waals surface area contributed by atoms with Crippen LogP contribution >= 0.6 is 12.4 Å². The highest BCUT2D eigenvalue weighted by Gasteiger charge is 2.18. The van der Waals surface area contributed by atoms with Gasteiger partial charge >= 0.3 is 0 Å². The number of nitrogens with two attached hydrogens (primary N) is 1. The third kappa shape index (κ3) is 4.18. The van der Waals surface area contributed by atoms with Crippen molar-refractivity contribution in [3.8, 4) is 0 Å². The third-order valence-corrected chi connectivity index (χ3v) is 2.02. The predicted octanol–water partition coefficient (Wildman–Crippen LogP) is 0.871. The summed E-state index contributed by atoms with van der Waals surface area (Å²) in [5.41, 5.74) is 6.14. The molecule has 1 aromatic carbocycles. The van der Waals surface area contributed by atoms with Crippen LogP contribution in [0.1, 0.15) is 11.7 Å². The lowest BCUT2D eigenvalue weighted by atomic mass is 10.1. The molecule has 0 aliphatic rings. The Labute approximate surface area is 102 Å². The Hall–Kier alpha value is -1.10. The van der Waals surface area contributed by atoms with E-state index in [1.807, 2.05) is 30.3 Å². The van der Waals surface area contributed by atoms with Crippen LogP contribution in [0.5, 0.6) is 0 Å². The normalized spacial score (nSPS) is 11.4. The number of benzene rings is 1. The standard InChI is InChI=1S/C11H16N2O2.ClH/c1-15-10(11(14)13-8-7-12)9-5-3-2-4-6-9;/h2-6,10H,7-8,12H2,1H3,(H,13,14);1H. The maximum atomic E-state index is 11.6. The Morgan fingerprint density at radius 3 is 2.56 bits per heavy atom. The van der Waals surface area contributed by atoms with Crippen LogP contribution in [0.3, 0.4) is 0 Å². The largest absolute Gasteiger partial charge is 0.367 e. The Bertz CT molecular complexity index is 306. The molecule has 0 aliphatic carbocycles. The Morgan fingerprint density at radius 1 is 1.44 bits per heavy atom. The topological polar surface area (TPSA) is 64.3 Å². The van der Waals surface area contributed by atoms with Crippen LogP contribution in [0.15, 0.2) is 30.3 Å². The van der Waals surface area contributed by atoms with Gasteiger partial charge in [-0.05, 0) is 5.56 Å². The van der Waals surface area contributed by atoms with Crippen molar-refractivity contribution in [2.24, 2.45) is 5.73 Å². The second-order valence-electron chi connectivity index (χ2n) is 3.11. The Kier molecular flexibility index (Phi) is 7.54. The number of hydrogen-bond donors (Lipinski definition) is 2. The van der Waals surface area contributed by atoms with Crippen molar-refractivity contribution in [1.29, 1.82) is 0 Å². The molecule has 0 saturated heterocycles. The van der Waals surface area contributed by atoms with Crippen molar-refractivity contribution >= 4 is 18.3 Å². The van der Waals surface area contributed by atoms with E-state index in [-0.39, 0.29) is 18.3 Å². The zero-order chi connectivity index (χ0) is 11.1. The first kappa shape index (κ1) is 14.9. The molecule has 1 atom stereocenters. The summed E-state index contributed by atoms with van der Waals surface area (Å²) in [6.45, 7) is 0.891. The van der Waals surface area contributed by atoms with E-state index in [9.17, 15) is 4.79 Å². The molecule has 1 unspecified atom stereocenters. The molecule has 0 spiro atoms. The van der Waals surface area contributed by atoms with E-state index in [0.717, 1.165) is 5.56 Å². The molecular formula is C11H17ClN2O2. The van der Waals surface area contributed by atoms with Gasteiger partial charge in [0.2, 0.25) is 0 Å². The molecule has 0 fully saturated rings. The van der Waals surface area contributed by atoms with Crippen molar-refractivity contribution in [3.05, 3.63) is 35.9 Å². The SMILES string of the molecule is COC(C(=O)NCCN)c1ccccc1.Cl. The minimum absolute atomic E-state index is 0. The van der Waals surface area contributed by atoms with Crippen LogP contribution in [0.2, 0.25) is 0 Å². The van der Waals surface area contributed by atoms with Gasteiger partial charge in [-0.3, -0.25) is 4.79 Å². The molecule has 0 aliphatic heterocycles. The molecule has 5 heteroatoms. The Balaban J connectivity index is 0.00000225. The number of ether oxygens (including phenoxy) is 1. The number of hydrogen-bond acceptors (Lipinski definition) is 3. The van der Waals surface area contributed by atoms with Gasteiger partial charge in [-0.1, -0.05) is 30.3 Å². The van der Waals surface area contributed by atoms with E-state index in [4.69, 9.17) is 10.5 Å². The molecular weight excluding hydrogens is 228 g/mol. The zero-order valence-electron chi connectivity index (χ0n) is 9.18. The van der Waals surface area contributed by atoms with Crippen LogP contribution in [0.4, 0.5) is 0 Å². The van der Waals surface area contributed by atoms with Crippen molar-refractivity contribution in [3.63, 3.8) is 0 Å². The van der Waals surface area contributed by atoms with Gasteiger partial charge in [-0.2, -0.15) is 0 Å². The second-order valence-corrected chi connectivity index (χ2v) is 3.11. The summed E-state index contributed by atoms with van der Waals surface area (Å²) in [4.78, 5) is 11.6. The number of methoxy groups -OCH3 is 1. The quantitative estimate of drug-likeness (QED) is 0.808. The second kappa shape index (κ2) is 8.10. The summed E-state index contributed by atoms with van der Waals surface area (Å²) in [5.74, 6) is -0.158. The molecule has 0 heterocycles. The number of carbonyl (C=O) groups excluding carboxylic acids is 1. The number of nitrogens with one attached hydrogen (secondary N) is 1. The van der Waals surface area contributed by atoms with Crippen molar-refractivity contribution in [1.82, 2.24) is 5.32 Å². The number of amides is 1. The molecule has 1 amide bonds. The number of halogens is 1. The van der Waals surface area contributed by atoms with Crippen LogP contribution in [-0.2, 0) is 9.53 Å². The lowest BCUT2D eigenvalue weighted by molar-refractivity contribution is -0.131. The maximum absolute atomic E-state index is 11.6. The first-order valence-corrected chi connectivity index (χ1v) is 4.85. The fourth-order valence-corrected chi connectivity index (χ4v) is 1.31. The van der Waals surface area contributed by atoms with E-state index in [0.29, 0.717) is 13.1 Å². The molecule has 4 nitrogen and oxygen atoms in total. The van der Waals surface area contributed by atoms with Crippen molar-refractivity contribution < 1.29 is 9.53 Å². The molecule has 3 N–H and O–H groups in total. The average Bonchev–Trinajstić information content (AvgIpc) is 2.29. The summed E-state index contributed by atoms with van der Waals surface area (Å²) in [7, 11) is 1.51. The summed E-state index contributed by atoms with van der Waals surface area (Å²) in [6.07, 6.45) is -0.558. The van der Waals surface area contributed by atoms with Gasteiger partial charge in [-0.15, -0.1) is 12.4 Å². The van der Waals surface area contributed by atoms with Crippen LogP contribution in [-0.4, -0.2) is 26.1 Å². The maximum Gasteiger partial charge on any atom is 0.253 e. The van der Waals surface area contributed by atoms with Crippen LogP contribution in [0.25, 0.3) is 0 Å². The molecule has 0 bridgehead atoms. The minimum Gasteiger partial charge on any atom is -0.367 e. The van der Waals surface area contributed by atoms with Crippen LogP contribution < -0.4 is 11.1 Å². The van der Waals surface area contributed by atoms with Gasteiger partial charge < -0.3 is 15.8 Å². The summed E-state index contributed by atoms with van der Waals surface area (Å²) < 4.78 is 5.14. The Morgan fingerprint density at radius 2 is 2.06 bits per heavy atom. The molecule has 90 valence electrons. The van der Waals surface area contributed by atoms with Gasteiger partial charge in [0.25, 0.3) is 5.91 Å². The van der Waals surface area contributed by atoms with E-state index in [2.05, 4.69) is 5.32 Å². The highest BCUT2D eigenvalue weighted by Crippen LogP contribution is 2.15. The van der Waals surface area contributed by atoms with Gasteiger partial charge in [0, 0.05) is 20.2 Å². The van der Waals surface area contributed by atoms with E-state index >= 15 is 0 Å². The minimum atomic E-state index is -0.558. The number of carbonyl (C=O) groups is 1. The molecule has 0 aromatic heterocycles. The summed E-state index contributed by atoms with van der Waals surface area (Å²) in [5, 5.41) is 2.69. The molecule has 1 aromatic rings. The zero-order valence-corrected chi connectivity index (χ0v) is 10.00. The van der Waals surface area contributed by atoms with E-state index in [1.165, 1.54) is 7.11 Å². The first-order valence-electron chi connectivity index (χ1n) is 4.85. The van der Waals surface area contributed by atoms with E-state index in [1.54, 1.807) is 0 Å². The lowest BCUT2D eigenvalue weighted by Crippen LogP contribution is -2.34. The summed E-state index contributed by atoms with van der Waals surface area (Å²) in [6, 6.07) is 9.36. The third-order valence-electron chi connectivity index (χ3n) is 2.02. The monoisotopic (exact) mass is 244 g/mol. The number of rotatable bonds is 5.